The van der Waals surface area contributed by atoms with Crippen LogP contribution in [0.3, 0.4) is 0 Å². The Morgan fingerprint density at radius 3 is 2.00 bits per heavy atom. The van der Waals surface area contributed by atoms with E-state index in [4.69, 9.17) is 0 Å². The molecular weight excluding hydrogens is 188 g/mol. The molecule has 2 saturated carbocycles. The molecule has 3 nitrogen and oxygen atoms in total. The molecule has 0 bridgehead atoms. The number of aliphatic hydroxyl groups is 1. The molecule has 1 aliphatic heterocycles. The van der Waals surface area contributed by atoms with Crippen molar-refractivity contribution in [2.45, 2.75) is 50.3 Å². The average Bonchev–Trinajstić information content (AvgIpc) is 3.02. The highest BCUT2D eigenvalue weighted by molar-refractivity contribution is 4.91. The Labute approximate surface area is 92.1 Å². The van der Waals surface area contributed by atoms with Crippen molar-refractivity contribution in [2.24, 2.45) is 0 Å². The minimum atomic E-state index is -0.0440. The zero-order chi connectivity index (χ0) is 10.3. The Balaban J connectivity index is 1.52. The fraction of sp³-hybridized carbons (Fsp3) is 1.00. The molecule has 0 spiro atoms. The Kier molecular flexibility index (Phi) is 2.71. The van der Waals surface area contributed by atoms with Gasteiger partial charge in [0, 0.05) is 38.3 Å². The van der Waals surface area contributed by atoms with E-state index >= 15 is 0 Å². The Hall–Kier alpha value is -0.120. The van der Waals surface area contributed by atoms with Gasteiger partial charge in [-0.05, 0) is 32.1 Å². The number of hydrogen-bond donors (Lipinski definition) is 1. The van der Waals surface area contributed by atoms with Gasteiger partial charge in [0.2, 0.25) is 0 Å². The van der Waals surface area contributed by atoms with Gasteiger partial charge in [-0.1, -0.05) is 0 Å². The van der Waals surface area contributed by atoms with Crippen LogP contribution in [0, 0.1) is 0 Å². The van der Waals surface area contributed by atoms with Crippen LogP contribution in [0.25, 0.3) is 0 Å². The summed E-state index contributed by atoms with van der Waals surface area (Å²) in [5.41, 5.74) is 0. The van der Waals surface area contributed by atoms with Crippen molar-refractivity contribution < 1.29 is 5.11 Å². The second-order valence-electron chi connectivity index (χ2n) is 5.37. The van der Waals surface area contributed by atoms with E-state index in [1.807, 2.05) is 0 Å². The fourth-order valence-electron chi connectivity index (χ4n) is 3.22. The first-order valence-electron chi connectivity index (χ1n) is 6.51. The quantitative estimate of drug-likeness (QED) is 0.726. The van der Waals surface area contributed by atoms with Crippen LogP contribution >= 0.6 is 0 Å². The Bertz CT molecular complexity index is 222. The third-order valence-corrected chi connectivity index (χ3v) is 4.33. The maximum Gasteiger partial charge on any atom is 0.0695 e. The van der Waals surface area contributed by atoms with E-state index in [0.717, 1.165) is 12.5 Å². The Morgan fingerprint density at radius 1 is 0.800 bits per heavy atom. The van der Waals surface area contributed by atoms with E-state index < -0.39 is 0 Å². The zero-order valence-corrected chi connectivity index (χ0v) is 9.44. The average molecular weight is 210 g/mol. The maximum atomic E-state index is 9.87. The van der Waals surface area contributed by atoms with Gasteiger partial charge in [-0.15, -0.1) is 0 Å². The molecule has 2 unspecified atom stereocenters. The van der Waals surface area contributed by atoms with Gasteiger partial charge in [0.05, 0.1) is 6.10 Å². The molecule has 1 N–H and O–H groups in total. The lowest BCUT2D eigenvalue weighted by molar-refractivity contribution is 0.0335. The van der Waals surface area contributed by atoms with Gasteiger partial charge in [0.25, 0.3) is 0 Å². The molecule has 2 atom stereocenters. The lowest BCUT2D eigenvalue weighted by Crippen LogP contribution is -2.52. The van der Waals surface area contributed by atoms with Crippen molar-refractivity contribution >= 4 is 0 Å². The minimum Gasteiger partial charge on any atom is -0.391 e. The second-order valence-corrected chi connectivity index (χ2v) is 5.37. The van der Waals surface area contributed by atoms with Gasteiger partial charge in [0.15, 0.2) is 0 Å². The highest BCUT2D eigenvalue weighted by Crippen LogP contribution is 2.30. The molecule has 86 valence electrons. The topological polar surface area (TPSA) is 26.7 Å². The summed E-state index contributed by atoms with van der Waals surface area (Å²) in [6, 6.07) is 1.40. The SMILES string of the molecule is OC1CCCC1N1CCN(C2CC2)CC1. The lowest BCUT2D eigenvalue weighted by Gasteiger charge is -2.39. The van der Waals surface area contributed by atoms with Crippen LogP contribution in [0.5, 0.6) is 0 Å². The van der Waals surface area contributed by atoms with Gasteiger partial charge < -0.3 is 5.11 Å². The molecule has 0 radical (unpaired) electrons. The maximum absolute atomic E-state index is 9.87. The van der Waals surface area contributed by atoms with E-state index in [0.29, 0.717) is 6.04 Å². The molecular formula is C12H22N2O. The number of nitrogens with zero attached hydrogens (tertiary/aromatic N) is 2. The van der Waals surface area contributed by atoms with Crippen LogP contribution in [-0.2, 0) is 0 Å². The first-order chi connectivity index (χ1) is 7.34. The number of piperazine rings is 1. The molecule has 3 fully saturated rings. The van der Waals surface area contributed by atoms with Crippen molar-refractivity contribution in [1.29, 1.82) is 0 Å². The van der Waals surface area contributed by atoms with Crippen molar-refractivity contribution in [3.05, 3.63) is 0 Å². The molecule has 1 saturated heterocycles. The summed E-state index contributed by atoms with van der Waals surface area (Å²) in [5, 5.41) is 9.87. The molecule has 3 heteroatoms. The third-order valence-electron chi connectivity index (χ3n) is 4.33. The van der Waals surface area contributed by atoms with E-state index in [1.165, 1.54) is 51.9 Å². The van der Waals surface area contributed by atoms with Crippen LogP contribution in [-0.4, -0.2) is 59.3 Å². The summed E-state index contributed by atoms with van der Waals surface area (Å²) >= 11 is 0. The highest BCUT2D eigenvalue weighted by atomic mass is 16.3. The largest absolute Gasteiger partial charge is 0.391 e. The summed E-state index contributed by atoms with van der Waals surface area (Å²) in [7, 11) is 0. The van der Waals surface area contributed by atoms with E-state index in [-0.39, 0.29) is 6.10 Å². The molecule has 0 aromatic heterocycles. The van der Waals surface area contributed by atoms with Crippen LogP contribution < -0.4 is 0 Å². The molecule has 3 rings (SSSR count). The van der Waals surface area contributed by atoms with E-state index in [2.05, 4.69) is 9.80 Å². The van der Waals surface area contributed by atoms with Gasteiger partial charge in [-0.3, -0.25) is 9.80 Å². The first-order valence-corrected chi connectivity index (χ1v) is 6.51. The van der Waals surface area contributed by atoms with Crippen molar-refractivity contribution in [1.82, 2.24) is 9.80 Å². The molecule has 0 amide bonds. The van der Waals surface area contributed by atoms with Crippen molar-refractivity contribution in [3.8, 4) is 0 Å². The molecule has 3 aliphatic rings. The molecule has 0 aromatic carbocycles. The van der Waals surface area contributed by atoms with Gasteiger partial charge in [-0.2, -0.15) is 0 Å². The minimum absolute atomic E-state index is 0.0440. The van der Waals surface area contributed by atoms with E-state index in [9.17, 15) is 5.11 Å². The molecule has 2 aliphatic carbocycles. The van der Waals surface area contributed by atoms with Crippen molar-refractivity contribution in [2.75, 3.05) is 26.2 Å². The Morgan fingerprint density at radius 2 is 1.47 bits per heavy atom. The van der Waals surface area contributed by atoms with Crippen LogP contribution in [0.1, 0.15) is 32.1 Å². The summed E-state index contributed by atoms with van der Waals surface area (Å²) in [6.07, 6.45) is 6.25. The van der Waals surface area contributed by atoms with Crippen LogP contribution in [0.4, 0.5) is 0 Å². The van der Waals surface area contributed by atoms with Gasteiger partial charge in [-0.25, -0.2) is 0 Å². The molecule has 15 heavy (non-hydrogen) atoms. The van der Waals surface area contributed by atoms with Gasteiger partial charge in [0.1, 0.15) is 0 Å². The van der Waals surface area contributed by atoms with Crippen LogP contribution in [0.15, 0.2) is 0 Å². The van der Waals surface area contributed by atoms with Crippen LogP contribution in [0.2, 0.25) is 0 Å². The standard InChI is InChI=1S/C12H22N2O/c15-12-3-1-2-11(12)14-8-6-13(7-9-14)10-4-5-10/h10-12,15H,1-9H2. The number of aliphatic hydroxyl groups excluding tert-OH is 1. The first kappa shape index (κ1) is 10.1. The van der Waals surface area contributed by atoms with Crippen molar-refractivity contribution in [3.63, 3.8) is 0 Å². The number of rotatable bonds is 2. The van der Waals surface area contributed by atoms with E-state index in [1.54, 1.807) is 0 Å². The zero-order valence-electron chi connectivity index (χ0n) is 9.44. The van der Waals surface area contributed by atoms with Gasteiger partial charge >= 0.3 is 0 Å². The molecule has 0 aromatic rings. The lowest BCUT2D eigenvalue weighted by atomic mass is 10.1. The molecule has 1 heterocycles. The predicted molar refractivity (Wildman–Crippen MR) is 59.8 cm³/mol. The number of hydrogen-bond acceptors (Lipinski definition) is 3. The predicted octanol–water partition coefficient (Wildman–Crippen LogP) is 0.680. The fourth-order valence-corrected chi connectivity index (χ4v) is 3.22. The summed E-state index contributed by atoms with van der Waals surface area (Å²) in [6.45, 7) is 4.82. The summed E-state index contributed by atoms with van der Waals surface area (Å²) in [4.78, 5) is 5.16. The normalized spacial score (nSPS) is 39.8. The smallest absolute Gasteiger partial charge is 0.0695 e. The third kappa shape index (κ3) is 2.05. The summed E-state index contributed by atoms with van der Waals surface area (Å²) < 4.78 is 0. The monoisotopic (exact) mass is 210 g/mol. The second kappa shape index (κ2) is 4.04. The summed E-state index contributed by atoms with van der Waals surface area (Å²) in [5.74, 6) is 0. The highest BCUT2D eigenvalue weighted by Gasteiger charge is 2.35.